The third-order valence-electron chi connectivity index (χ3n) is 4.01. The Morgan fingerprint density at radius 2 is 2.08 bits per heavy atom. The van der Waals surface area contributed by atoms with E-state index in [2.05, 4.69) is 0 Å². The first-order chi connectivity index (χ1) is 11.5. The molecule has 3 rings (SSSR count). The van der Waals surface area contributed by atoms with Crippen LogP contribution in [0.25, 0.3) is 0 Å². The van der Waals surface area contributed by atoms with Crippen molar-refractivity contribution in [2.45, 2.75) is 26.2 Å². The van der Waals surface area contributed by atoms with Crippen LogP contribution >= 0.6 is 11.3 Å². The molecule has 0 fully saturated rings. The summed E-state index contributed by atoms with van der Waals surface area (Å²) in [7, 11) is 0. The second kappa shape index (κ2) is 6.52. The number of thiophene rings is 1. The molecule has 1 aliphatic rings. The minimum Gasteiger partial charge on any atom is -0.453 e. The first-order valence-electron chi connectivity index (χ1n) is 7.52. The van der Waals surface area contributed by atoms with Crippen LogP contribution in [-0.2, 0) is 17.6 Å². The Bertz CT molecular complexity index is 818. The Balaban J connectivity index is 1.65. The minimum absolute atomic E-state index is 0.123. The molecule has 0 unspecified atom stereocenters. The number of nitro benzene ring substituents is 1. The normalized spacial score (nSPS) is 12.7. The van der Waals surface area contributed by atoms with Crippen molar-refractivity contribution in [2.24, 2.45) is 0 Å². The van der Waals surface area contributed by atoms with Gasteiger partial charge in [-0.25, -0.2) is 4.79 Å². The molecule has 0 bridgehead atoms. The van der Waals surface area contributed by atoms with Crippen LogP contribution < -0.4 is 0 Å². The number of ether oxygens (including phenoxy) is 1. The molecule has 1 heterocycles. The molecule has 0 atom stereocenters. The van der Waals surface area contributed by atoms with E-state index in [1.807, 2.05) is 6.07 Å². The molecule has 0 aliphatic heterocycles. The van der Waals surface area contributed by atoms with Crippen molar-refractivity contribution < 1.29 is 19.2 Å². The highest BCUT2D eigenvalue weighted by Crippen LogP contribution is 2.31. The average molecular weight is 345 g/mol. The fraction of sp³-hybridized carbons (Fsp3) is 0.294. The summed E-state index contributed by atoms with van der Waals surface area (Å²) in [4.78, 5) is 36.3. The Morgan fingerprint density at radius 3 is 2.79 bits per heavy atom. The van der Waals surface area contributed by atoms with Crippen LogP contribution in [0, 0.1) is 17.0 Å². The molecule has 2 aromatic rings. The van der Waals surface area contributed by atoms with Gasteiger partial charge >= 0.3 is 5.97 Å². The molecule has 0 radical (unpaired) electrons. The largest absolute Gasteiger partial charge is 0.453 e. The maximum absolute atomic E-state index is 12.1. The summed E-state index contributed by atoms with van der Waals surface area (Å²) in [6.45, 7) is 1.17. The number of aryl methyl sites for hydroxylation is 3. The molecule has 0 saturated carbocycles. The third kappa shape index (κ3) is 3.21. The van der Waals surface area contributed by atoms with E-state index in [1.54, 1.807) is 6.92 Å². The van der Waals surface area contributed by atoms with Gasteiger partial charge in [-0.3, -0.25) is 14.9 Å². The smallest absolute Gasteiger partial charge is 0.348 e. The maximum atomic E-state index is 12.1. The van der Waals surface area contributed by atoms with Crippen molar-refractivity contribution >= 4 is 28.8 Å². The van der Waals surface area contributed by atoms with Crippen LogP contribution in [0.2, 0.25) is 0 Å². The van der Waals surface area contributed by atoms with Gasteiger partial charge < -0.3 is 4.74 Å². The average Bonchev–Trinajstić information content (AvgIpc) is 3.14. The molecule has 0 amide bonds. The molecule has 1 aliphatic carbocycles. The maximum Gasteiger partial charge on any atom is 0.348 e. The van der Waals surface area contributed by atoms with E-state index in [0.717, 1.165) is 19.3 Å². The van der Waals surface area contributed by atoms with E-state index in [1.165, 1.54) is 40.0 Å². The number of benzene rings is 1. The van der Waals surface area contributed by atoms with Crippen molar-refractivity contribution in [3.8, 4) is 0 Å². The molecule has 24 heavy (non-hydrogen) atoms. The van der Waals surface area contributed by atoms with Gasteiger partial charge in [0.25, 0.3) is 5.69 Å². The Kier molecular flexibility index (Phi) is 4.44. The highest BCUT2D eigenvalue weighted by molar-refractivity contribution is 7.14. The fourth-order valence-electron chi connectivity index (χ4n) is 2.69. The Morgan fingerprint density at radius 1 is 1.29 bits per heavy atom. The molecule has 6 nitrogen and oxygen atoms in total. The Hall–Kier alpha value is -2.54. The van der Waals surface area contributed by atoms with Crippen LogP contribution in [0.15, 0.2) is 24.3 Å². The molecule has 0 saturated heterocycles. The molecule has 124 valence electrons. The van der Waals surface area contributed by atoms with Gasteiger partial charge in [-0.05, 0) is 37.8 Å². The first-order valence-corrected chi connectivity index (χ1v) is 8.34. The van der Waals surface area contributed by atoms with Crippen LogP contribution in [0.3, 0.4) is 0 Å². The van der Waals surface area contributed by atoms with Gasteiger partial charge in [-0.1, -0.05) is 12.1 Å². The Labute approximate surface area is 142 Å². The predicted molar refractivity (Wildman–Crippen MR) is 88.8 cm³/mol. The first kappa shape index (κ1) is 16.3. The number of carbonyl (C=O) groups is 2. The number of nitrogens with zero attached hydrogens (tertiary/aromatic N) is 1. The van der Waals surface area contributed by atoms with Crippen molar-refractivity contribution in [2.75, 3.05) is 6.61 Å². The number of hydrogen-bond donors (Lipinski definition) is 0. The van der Waals surface area contributed by atoms with E-state index < -0.39 is 23.3 Å². The zero-order chi connectivity index (χ0) is 17.3. The van der Waals surface area contributed by atoms with E-state index >= 15 is 0 Å². The van der Waals surface area contributed by atoms with Crippen molar-refractivity contribution in [3.63, 3.8) is 0 Å². The monoisotopic (exact) mass is 345 g/mol. The molecule has 1 aromatic heterocycles. The summed E-state index contributed by atoms with van der Waals surface area (Å²) in [6, 6.07) is 6.05. The SMILES string of the molecule is Cc1ccc(C(=O)COC(=O)c2cc3c(s2)CCC3)cc1[N+](=O)[O-]. The standard InChI is InChI=1S/C17H15NO5S/c1-10-5-6-11(7-13(10)18(21)22)14(19)9-23-17(20)16-8-12-3-2-4-15(12)24-16/h5-8H,2-4,9H2,1H3. The summed E-state index contributed by atoms with van der Waals surface area (Å²) in [5.74, 6) is -0.986. The quantitative estimate of drug-likeness (QED) is 0.358. The lowest BCUT2D eigenvalue weighted by Gasteiger charge is -2.04. The summed E-state index contributed by atoms with van der Waals surface area (Å²) in [5.41, 5.74) is 1.70. The van der Waals surface area contributed by atoms with Crippen molar-refractivity contribution in [3.05, 3.63) is 60.8 Å². The number of fused-ring (bicyclic) bond motifs is 1. The molecular weight excluding hydrogens is 330 g/mol. The summed E-state index contributed by atoms with van der Waals surface area (Å²) in [6.07, 6.45) is 3.07. The molecular formula is C17H15NO5S. The van der Waals surface area contributed by atoms with Gasteiger partial charge in [0.1, 0.15) is 4.88 Å². The second-order valence-corrected chi connectivity index (χ2v) is 6.81. The summed E-state index contributed by atoms with van der Waals surface area (Å²) >= 11 is 1.41. The number of hydrogen-bond acceptors (Lipinski definition) is 6. The van der Waals surface area contributed by atoms with Crippen molar-refractivity contribution in [1.82, 2.24) is 0 Å². The van der Waals surface area contributed by atoms with Crippen molar-refractivity contribution in [1.29, 1.82) is 0 Å². The topological polar surface area (TPSA) is 86.5 Å². The number of Topliss-reactive ketones (excluding diaryl/α,β-unsaturated/α-hetero) is 1. The van der Waals surface area contributed by atoms with Crippen LogP contribution in [0.4, 0.5) is 5.69 Å². The molecule has 0 spiro atoms. The highest BCUT2D eigenvalue weighted by atomic mass is 32.1. The van der Waals surface area contributed by atoms with E-state index in [4.69, 9.17) is 4.74 Å². The third-order valence-corrected chi connectivity index (χ3v) is 5.23. The lowest BCUT2D eigenvalue weighted by Crippen LogP contribution is -2.14. The van der Waals surface area contributed by atoms with E-state index in [0.29, 0.717) is 10.4 Å². The number of nitro groups is 1. The van der Waals surface area contributed by atoms with Gasteiger partial charge in [0.15, 0.2) is 6.61 Å². The van der Waals surface area contributed by atoms with E-state index in [-0.39, 0.29) is 11.3 Å². The predicted octanol–water partition coefficient (Wildman–Crippen LogP) is 3.49. The zero-order valence-electron chi connectivity index (χ0n) is 13.0. The van der Waals surface area contributed by atoms with Gasteiger partial charge in [0.2, 0.25) is 5.78 Å². The van der Waals surface area contributed by atoms with Gasteiger partial charge in [-0.2, -0.15) is 0 Å². The van der Waals surface area contributed by atoms with Crippen LogP contribution in [-0.4, -0.2) is 23.3 Å². The lowest BCUT2D eigenvalue weighted by atomic mass is 10.1. The van der Waals surface area contributed by atoms with Gasteiger partial charge in [0, 0.05) is 22.1 Å². The van der Waals surface area contributed by atoms with Gasteiger partial charge in [0.05, 0.1) is 4.92 Å². The summed E-state index contributed by atoms with van der Waals surface area (Å²) < 4.78 is 5.06. The molecule has 0 N–H and O–H groups in total. The number of ketones is 1. The molecule has 7 heteroatoms. The van der Waals surface area contributed by atoms with Crippen LogP contribution in [0.1, 0.15) is 42.5 Å². The fourth-order valence-corrected chi connectivity index (χ4v) is 3.84. The molecule has 1 aromatic carbocycles. The number of carbonyl (C=O) groups excluding carboxylic acids is 2. The van der Waals surface area contributed by atoms with Crippen LogP contribution in [0.5, 0.6) is 0 Å². The second-order valence-electron chi connectivity index (χ2n) is 5.67. The van der Waals surface area contributed by atoms with E-state index in [9.17, 15) is 19.7 Å². The highest BCUT2D eigenvalue weighted by Gasteiger charge is 2.21. The minimum atomic E-state index is -0.536. The lowest BCUT2D eigenvalue weighted by molar-refractivity contribution is -0.385. The summed E-state index contributed by atoms with van der Waals surface area (Å²) in [5, 5.41) is 10.9. The number of esters is 1. The van der Waals surface area contributed by atoms with Gasteiger partial charge in [-0.15, -0.1) is 11.3 Å². The zero-order valence-corrected chi connectivity index (χ0v) is 13.9. The number of rotatable bonds is 5.